The third-order valence-corrected chi connectivity index (χ3v) is 6.39. The van der Waals surface area contributed by atoms with Gasteiger partial charge in [-0.05, 0) is 72.5 Å². The summed E-state index contributed by atoms with van der Waals surface area (Å²) in [7, 11) is -3.69. The highest BCUT2D eigenvalue weighted by Gasteiger charge is 2.24. The van der Waals surface area contributed by atoms with Gasteiger partial charge in [0, 0.05) is 16.5 Å². The number of benzene rings is 1. The fourth-order valence-electron chi connectivity index (χ4n) is 2.52. The first-order chi connectivity index (χ1) is 14.9. The lowest BCUT2D eigenvalue weighted by molar-refractivity contribution is -0.140. The Bertz CT molecular complexity index is 922. The summed E-state index contributed by atoms with van der Waals surface area (Å²) in [6.45, 7) is 0.0587. The standard InChI is InChI=1S/C18H24IN3O9S/c19-11-4-6-12(7-5-11)32(30,31)20-10-2-1-3-13(16(25)26)21-18(29)22-14(17(27)28)8-9-15(23)24/h4-7,13-14,20H,1-3,8-10H2,(H,23,24)(H,25,26)(H,27,28)(H2,21,22,29)/t13-,14-/m0/s1. The van der Waals surface area contributed by atoms with E-state index in [4.69, 9.17) is 10.2 Å². The number of amides is 2. The molecule has 1 rings (SSSR count). The number of urea groups is 1. The lowest BCUT2D eigenvalue weighted by atomic mass is 10.1. The number of carbonyl (C=O) groups is 4. The van der Waals surface area contributed by atoms with Gasteiger partial charge >= 0.3 is 23.9 Å². The first-order valence-electron chi connectivity index (χ1n) is 9.42. The summed E-state index contributed by atoms with van der Waals surface area (Å²) in [5.74, 6) is -4.04. The van der Waals surface area contributed by atoms with Crippen LogP contribution in [0.4, 0.5) is 4.79 Å². The quantitative estimate of drug-likeness (QED) is 0.135. The number of hydrogen-bond acceptors (Lipinski definition) is 6. The van der Waals surface area contributed by atoms with Gasteiger partial charge in [-0.2, -0.15) is 0 Å². The molecule has 0 aliphatic heterocycles. The molecule has 0 radical (unpaired) electrons. The molecule has 0 unspecified atom stereocenters. The van der Waals surface area contributed by atoms with Gasteiger partial charge in [-0.25, -0.2) is 27.5 Å². The first kappa shape index (κ1) is 27.6. The van der Waals surface area contributed by atoms with Crippen molar-refractivity contribution in [2.24, 2.45) is 0 Å². The average molecular weight is 585 g/mol. The van der Waals surface area contributed by atoms with Gasteiger partial charge in [0.25, 0.3) is 0 Å². The zero-order valence-corrected chi connectivity index (χ0v) is 19.8. The molecule has 0 saturated carbocycles. The molecule has 1 aromatic rings. The van der Waals surface area contributed by atoms with Crippen LogP contribution in [0, 0.1) is 3.57 Å². The molecule has 1 aromatic carbocycles. The molecule has 14 heteroatoms. The van der Waals surface area contributed by atoms with Crippen molar-refractivity contribution in [1.29, 1.82) is 0 Å². The monoisotopic (exact) mass is 585 g/mol. The predicted octanol–water partition coefficient (Wildman–Crippen LogP) is 0.810. The number of nitrogens with one attached hydrogen (secondary N) is 3. The van der Waals surface area contributed by atoms with E-state index in [1.54, 1.807) is 12.1 Å². The summed E-state index contributed by atoms with van der Waals surface area (Å²) in [4.78, 5) is 45.1. The zero-order chi connectivity index (χ0) is 24.3. The van der Waals surface area contributed by atoms with Crippen molar-refractivity contribution in [3.63, 3.8) is 0 Å². The summed E-state index contributed by atoms with van der Waals surface area (Å²) >= 11 is 2.05. The van der Waals surface area contributed by atoms with Gasteiger partial charge in [0.2, 0.25) is 10.0 Å². The Hall–Kier alpha value is -2.46. The van der Waals surface area contributed by atoms with E-state index in [1.165, 1.54) is 12.1 Å². The van der Waals surface area contributed by atoms with E-state index in [0.717, 1.165) is 3.57 Å². The van der Waals surface area contributed by atoms with E-state index in [2.05, 4.69) is 10.0 Å². The molecule has 0 fully saturated rings. The van der Waals surface area contributed by atoms with E-state index < -0.39 is 52.5 Å². The highest BCUT2D eigenvalue weighted by molar-refractivity contribution is 14.1. The average Bonchev–Trinajstić information content (AvgIpc) is 2.69. The molecule has 0 heterocycles. The van der Waals surface area contributed by atoms with E-state index in [0.29, 0.717) is 6.42 Å². The van der Waals surface area contributed by atoms with Crippen LogP contribution in [0.5, 0.6) is 0 Å². The molecule has 0 saturated heterocycles. The normalized spacial score (nSPS) is 13.0. The summed E-state index contributed by atoms with van der Waals surface area (Å²) < 4.78 is 27.7. The van der Waals surface area contributed by atoms with Gasteiger partial charge < -0.3 is 26.0 Å². The molecule has 0 aliphatic rings. The van der Waals surface area contributed by atoms with Crippen molar-refractivity contribution in [3.8, 4) is 0 Å². The zero-order valence-electron chi connectivity index (χ0n) is 16.8. The van der Waals surface area contributed by atoms with Gasteiger partial charge in [0.15, 0.2) is 0 Å². The van der Waals surface area contributed by atoms with Crippen LogP contribution in [-0.2, 0) is 24.4 Å². The minimum absolute atomic E-state index is 0.0269. The third kappa shape index (κ3) is 10.2. The van der Waals surface area contributed by atoms with Crippen LogP contribution in [0.25, 0.3) is 0 Å². The Morgan fingerprint density at radius 2 is 1.41 bits per heavy atom. The number of carbonyl (C=O) groups excluding carboxylic acids is 1. The highest BCUT2D eigenvalue weighted by atomic mass is 127. The van der Waals surface area contributed by atoms with Crippen molar-refractivity contribution in [2.45, 2.75) is 49.1 Å². The number of halogens is 1. The fraction of sp³-hybridized carbons (Fsp3) is 0.444. The largest absolute Gasteiger partial charge is 0.481 e. The second-order valence-electron chi connectivity index (χ2n) is 6.68. The Kier molecular flexibility index (Phi) is 11.3. The van der Waals surface area contributed by atoms with E-state index in [1.807, 2.05) is 27.9 Å². The highest BCUT2D eigenvalue weighted by Crippen LogP contribution is 2.12. The van der Waals surface area contributed by atoms with Gasteiger partial charge in [-0.1, -0.05) is 0 Å². The number of rotatable bonds is 14. The van der Waals surface area contributed by atoms with Crippen molar-refractivity contribution in [2.75, 3.05) is 6.54 Å². The summed E-state index contributed by atoms with van der Waals surface area (Å²) in [5, 5.41) is 31.1. The number of unbranched alkanes of at least 4 members (excludes halogenated alkanes) is 1. The van der Waals surface area contributed by atoms with Crippen molar-refractivity contribution in [1.82, 2.24) is 15.4 Å². The van der Waals surface area contributed by atoms with Gasteiger partial charge in [0.1, 0.15) is 12.1 Å². The Labute approximate surface area is 198 Å². The molecule has 0 aliphatic carbocycles. The number of aliphatic carboxylic acids is 3. The lowest BCUT2D eigenvalue weighted by Crippen LogP contribution is -2.51. The molecule has 6 N–H and O–H groups in total. The minimum atomic E-state index is -3.69. The van der Waals surface area contributed by atoms with Crippen LogP contribution < -0.4 is 15.4 Å². The molecule has 0 spiro atoms. The third-order valence-electron chi connectivity index (χ3n) is 4.19. The molecule has 2 atom stereocenters. The van der Waals surface area contributed by atoms with Gasteiger partial charge in [-0.3, -0.25) is 4.79 Å². The van der Waals surface area contributed by atoms with E-state index in [9.17, 15) is 32.7 Å². The van der Waals surface area contributed by atoms with Crippen LogP contribution in [0.15, 0.2) is 29.2 Å². The maximum Gasteiger partial charge on any atom is 0.326 e. The second kappa shape index (κ2) is 13.2. The van der Waals surface area contributed by atoms with Gasteiger partial charge in [-0.15, -0.1) is 0 Å². The summed E-state index contributed by atoms with van der Waals surface area (Å²) in [6, 6.07) is 2.35. The Morgan fingerprint density at radius 1 is 0.875 bits per heavy atom. The fourth-order valence-corrected chi connectivity index (χ4v) is 3.95. The lowest BCUT2D eigenvalue weighted by Gasteiger charge is -2.18. The summed E-state index contributed by atoms with van der Waals surface area (Å²) in [5.41, 5.74) is 0. The Balaban J connectivity index is 2.48. The number of sulfonamides is 1. The molecule has 2 amide bonds. The smallest absolute Gasteiger partial charge is 0.326 e. The Morgan fingerprint density at radius 3 is 1.91 bits per heavy atom. The van der Waals surface area contributed by atoms with Gasteiger partial charge in [0.05, 0.1) is 4.90 Å². The van der Waals surface area contributed by atoms with Crippen LogP contribution >= 0.6 is 22.6 Å². The molecule has 178 valence electrons. The maximum absolute atomic E-state index is 12.2. The summed E-state index contributed by atoms with van der Waals surface area (Å²) in [6.07, 6.45) is -0.323. The molecule has 0 aromatic heterocycles. The molecule has 0 bridgehead atoms. The first-order valence-corrected chi connectivity index (χ1v) is 12.0. The molecule has 32 heavy (non-hydrogen) atoms. The van der Waals surface area contributed by atoms with Crippen LogP contribution in [-0.4, -0.2) is 66.3 Å². The van der Waals surface area contributed by atoms with Crippen molar-refractivity contribution in [3.05, 3.63) is 27.8 Å². The van der Waals surface area contributed by atoms with Crippen molar-refractivity contribution >= 4 is 56.6 Å². The minimum Gasteiger partial charge on any atom is -0.481 e. The number of carboxylic acid groups (broad SMARTS) is 3. The maximum atomic E-state index is 12.2. The number of carboxylic acids is 3. The second-order valence-corrected chi connectivity index (χ2v) is 9.69. The SMILES string of the molecule is O=C(O)CC[C@H](NC(=O)N[C@@H](CCCCNS(=O)(=O)c1ccc(I)cc1)C(=O)O)C(=O)O. The predicted molar refractivity (Wildman–Crippen MR) is 120 cm³/mol. The molecule has 12 nitrogen and oxygen atoms in total. The van der Waals surface area contributed by atoms with E-state index >= 15 is 0 Å². The van der Waals surface area contributed by atoms with Crippen molar-refractivity contribution < 1.29 is 42.9 Å². The van der Waals surface area contributed by atoms with Crippen LogP contribution in [0.1, 0.15) is 32.1 Å². The topological polar surface area (TPSA) is 199 Å². The van der Waals surface area contributed by atoms with E-state index in [-0.39, 0.29) is 30.7 Å². The molecular formula is C18H24IN3O9S. The van der Waals surface area contributed by atoms with Crippen LogP contribution in [0.3, 0.4) is 0 Å². The van der Waals surface area contributed by atoms with Crippen LogP contribution in [0.2, 0.25) is 0 Å². The number of hydrogen-bond donors (Lipinski definition) is 6. The molecular weight excluding hydrogens is 561 g/mol.